The normalized spacial score (nSPS) is 14.2. The van der Waals surface area contributed by atoms with Gasteiger partial charge in [-0.25, -0.2) is 0 Å². The molecule has 1 aliphatic heterocycles. The highest BCUT2D eigenvalue weighted by Gasteiger charge is 2.13. The summed E-state index contributed by atoms with van der Waals surface area (Å²) in [6, 6.07) is 16.1. The molecular formula is C21H26N2O3. The van der Waals surface area contributed by atoms with Gasteiger partial charge in [0.25, 0.3) is 5.91 Å². The number of rotatable bonds is 6. The topological polar surface area (TPSA) is 42.0 Å². The van der Waals surface area contributed by atoms with E-state index in [9.17, 15) is 4.79 Å². The van der Waals surface area contributed by atoms with Crippen LogP contribution in [-0.2, 0) is 16.1 Å². The molecule has 1 amide bonds. The van der Waals surface area contributed by atoms with Crippen LogP contribution in [0.5, 0.6) is 5.75 Å². The standard InChI is InChI=1S/C21H26N2O3/c1-17-4-3-5-20(14-17)26-16-21(24)22(2)15-18-6-8-19(9-7-18)23-10-12-25-13-11-23/h3-9,14H,10-13,15-16H2,1-2H3. The molecule has 3 rings (SSSR count). The number of likely N-dealkylation sites (N-methyl/N-ethyl adjacent to an activating group) is 1. The number of anilines is 1. The highest BCUT2D eigenvalue weighted by molar-refractivity contribution is 5.77. The van der Waals surface area contributed by atoms with Crippen molar-refractivity contribution >= 4 is 11.6 Å². The van der Waals surface area contributed by atoms with E-state index in [1.54, 1.807) is 11.9 Å². The summed E-state index contributed by atoms with van der Waals surface area (Å²) in [6.07, 6.45) is 0. The van der Waals surface area contributed by atoms with E-state index < -0.39 is 0 Å². The molecule has 0 atom stereocenters. The van der Waals surface area contributed by atoms with Gasteiger partial charge in [-0.05, 0) is 42.3 Å². The third-order valence-electron chi connectivity index (χ3n) is 4.51. The zero-order chi connectivity index (χ0) is 18.4. The average Bonchev–Trinajstić information content (AvgIpc) is 2.67. The van der Waals surface area contributed by atoms with Gasteiger partial charge >= 0.3 is 0 Å². The van der Waals surface area contributed by atoms with Gasteiger partial charge in [0.1, 0.15) is 5.75 Å². The maximum atomic E-state index is 12.3. The maximum Gasteiger partial charge on any atom is 0.260 e. The van der Waals surface area contributed by atoms with Crippen molar-refractivity contribution in [3.8, 4) is 5.75 Å². The first kappa shape index (κ1) is 18.3. The zero-order valence-electron chi connectivity index (χ0n) is 15.5. The highest BCUT2D eigenvalue weighted by atomic mass is 16.5. The van der Waals surface area contributed by atoms with Crippen LogP contribution < -0.4 is 9.64 Å². The number of aryl methyl sites for hydroxylation is 1. The predicted octanol–water partition coefficient (Wildman–Crippen LogP) is 2.87. The summed E-state index contributed by atoms with van der Waals surface area (Å²) in [5.41, 5.74) is 3.42. The molecule has 0 aromatic heterocycles. The van der Waals surface area contributed by atoms with Crippen molar-refractivity contribution in [3.05, 3.63) is 59.7 Å². The lowest BCUT2D eigenvalue weighted by Gasteiger charge is -2.29. The fourth-order valence-electron chi connectivity index (χ4n) is 2.96. The van der Waals surface area contributed by atoms with Gasteiger partial charge in [-0.1, -0.05) is 24.3 Å². The lowest BCUT2D eigenvalue weighted by Crippen LogP contribution is -2.36. The molecule has 0 radical (unpaired) electrons. The van der Waals surface area contributed by atoms with Gasteiger partial charge in [0.2, 0.25) is 0 Å². The van der Waals surface area contributed by atoms with Crippen molar-refractivity contribution in [1.29, 1.82) is 0 Å². The van der Waals surface area contributed by atoms with Crippen LogP contribution in [0.3, 0.4) is 0 Å². The highest BCUT2D eigenvalue weighted by Crippen LogP contribution is 2.17. The summed E-state index contributed by atoms with van der Waals surface area (Å²) in [4.78, 5) is 16.3. The molecule has 1 fully saturated rings. The van der Waals surface area contributed by atoms with Crippen LogP contribution in [0.4, 0.5) is 5.69 Å². The van der Waals surface area contributed by atoms with E-state index in [0.29, 0.717) is 6.54 Å². The Balaban J connectivity index is 1.50. The molecule has 0 bridgehead atoms. The molecule has 26 heavy (non-hydrogen) atoms. The molecule has 0 saturated carbocycles. The van der Waals surface area contributed by atoms with Gasteiger partial charge in [-0.15, -0.1) is 0 Å². The largest absolute Gasteiger partial charge is 0.484 e. The van der Waals surface area contributed by atoms with Crippen molar-refractivity contribution in [3.63, 3.8) is 0 Å². The average molecular weight is 354 g/mol. The monoisotopic (exact) mass is 354 g/mol. The molecule has 1 heterocycles. The van der Waals surface area contributed by atoms with Gasteiger partial charge in [0.15, 0.2) is 6.61 Å². The third kappa shape index (κ3) is 4.99. The van der Waals surface area contributed by atoms with Gasteiger partial charge in [0, 0.05) is 32.4 Å². The number of ether oxygens (including phenoxy) is 2. The Kier molecular flexibility index (Phi) is 6.12. The van der Waals surface area contributed by atoms with Crippen molar-refractivity contribution in [2.24, 2.45) is 0 Å². The summed E-state index contributed by atoms with van der Waals surface area (Å²) in [5, 5.41) is 0. The number of carbonyl (C=O) groups is 1. The summed E-state index contributed by atoms with van der Waals surface area (Å²) in [5.74, 6) is 0.686. The number of amides is 1. The van der Waals surface area contributed by atoms with Gasteiger partial charge in [0.05, 0.1) is 13.2 Å². The van der Waals surface area contributed by atoms with Crippen molar-refractivity contribution in [2.45, 2.75) is 13.5 Å². The first-order valence-corrected chi connectivity index (χ1v) is 8.97. The quantitative estimate of drug-likeness (QED) is 0.800. The molecule has 138 valence electrons. The van der Waals surface area contributed by atoms with Crippen molar-refractivity contribution in [1.82, 2.24) is 4.90 Å². The van der Waals surface area contributed by atoms with Gasteiger partial charge < -0.3 is 19.3 Å². The number of hydrogen-bond donors (Lipinski definition) is 0. The van der Waals surface area contributed by atoms with Crippen molar-refractivity contribution in [2.75, 3.05) is 44.9 Å². The molecular weight excluding hydrogens is 328 g/mol. The first-order chi connectivity index (χ1) is 12.6. The molecule has 0 spiro atoms. The Labute approximate surface area is 155 Å². The number of hydrogen-bond acceptors (Lipinski definition) is 4. The van der Waals surface area contributed by atoms with Crippen molar-refractivity contribution < 1.29 is 14.3 Å². The molecule has 2 aromatic carbocycles. The number of carbonyl (C=O) groups excluding carboxylic acids is 1. The van der Waals surface area contributed by atoms with Crippen LogP contribution >= 0.6 is 0 Å². The maximum absolute atomic E-state index is 12.3. The fraction of sp³-hybridized carbons (Fsp3) is 0.381. The van der Waals surface area contributed by atoms with Crippen LogP contribution in [0.15, 0.2) is 48.5 Å². The Morgan fingerprint density at radius 1 is 1.15 bits per heavy atom. The van der Waals surface area contributed by atoms with E-state index in [1.807, 2.05) is 31.2 Å². The molecule has 0 aliphatic carbocycles. The molecule has 2 aromatic rings. The molecule has 5 heteroatoms. The summed E-state index contributed by atoms with van der Waals surface area (Å²) in [6.45, 7) is 6.02. The third-order valence-corrected chi connectivity index (χ3v) is 4.51. The summed E-state index contributed by atoms with van der Waals surface area (Å²) < 4.78 is 11.0. The molecule has 0 N–H and O–H groups in total. The number of benzene rings is 2. The Hall–Kier alpha value is -2.53. The van der Waals surface area contributed by atoms with Crippen LogP contribution in [-0.4, -0.2) is 50.8 Å². The van der Waals surface area contributed by atoms with E-state index in [1.165, 1.54) is 5.69 Å². The second kappa shape index (κ2) is 8.72. The SMILES string of the molecule is Cc1cccc(OCC(=O)N(C)Cc2ccc(N3CCOCC3)cc2)c1. The minimum absolute atomic E-state index is 0.0382. The molecule has 1 saturated heterocycles. The lowest BCUT2D eigenvalue weighted by atomic mass is 10.1. The molecule has 1 aliphatic rings. The molecule has 0 unspecified atom stereocenters. The van der Waals surface area contributed by atoms with E-state index in [-0.39, 0.29) is 12.5 Å². The van der Waals surface area contributed by atoms with Gasteiger partial charge in [-0.3, -0.25) is 4.79 Å². The summed E-state index contributed by atoms with van der Waals surface area (Å²) in [7, 11) is 1.80. The Morgan fingerprint density at radius 2 is 1.88 bits per heavy atom. The zero-order valence-corrected chi connectivity index (χ0v) is 15.5. The molecule has 5 nitrogen and oxygen atoms in total. The Morgan fingerprint density at radius 3 is 2.58 bits per heavy atom. The number of morpholine rings is 1. The number of nitrogens with zero attached hydrogens (tertiary/aromatic N) is 2. The van der Waals surface area contributed by atoms with Gasteiger partial charge in [-0.2, -0.15) is 0 Å². The lowest BCUT2D eigenvalue weighted by molar-refractivity contribution is -0.132. The smallest absolute Gasteiger partial charge is 0.260 e. The summed E-state index contributed by atoms with van der Waals surface area (Å²) >= 11 is 0. The predicted molar refractivity (Wildman–Crippen MR) is 103 cm³/mol. The van der Waals surface area contributed by atoms with Crippen LogP contribution in [0.2, 0.25) is 0 Å². The second-order valence-corrected chi connectivity index (χ2v) is 6.62. The van der Waals surface area contributed by atoms with E-state index >= 15 is 0 Å². The minimum atomic E-state index is -0.0382. The van der Waals surface area contributed by atoms with E-state index in [4.69, 9.17) is 9.47 Å². The van der Waals surface area contributed by atoms with Crippen LogP contribution in [0.25, 0.3) is 0 Å². The first-order valence-electron chi connectivity index (χ1n) is 8.97. The van der Waals surface area contributed by atoms with E-state index in [2.05, 4.69) is 29.2 Å². The second-order valence-electron chi connectivity index (χ2n) is 6.62. The van der Waals surface area contributed by atoms with E-state index in [0.717, 1.165) is 43.2 Å². The van der Waals surface area contributed by atoms with Crippen LogP contribution in [0, 0.1) is 6.92 Å². The van der Waals surface area contributed by atoms with Crippen LogP contribution in [0.1, 0.15) is 11.1 Å². The Bertz CT molecular complexity index is 724. The fourth-order valence-corrected chi connectivity index (χ4v) is 2.96. The minimum Gasteiger partial charge on any atom is -0.484 e.